The molecule has 0 aromatic heterocycles. The molecule has 4 nitrogen and oxygen atoms in total. The number of hydrogen-bond acceptors (Lipinski definition) is 3. The van der Waals surface area contributed by atoms with Crippen molar-refractivity contribution in [2.24, 2.45) is 5.92 Å². The van der Waals surface area contributed by atoms with Gasteiger partial charge in [0.1, 0.15) is 17.3 Å². The second kappa shape index (κ2) is 5.87. The van der Waals surface area contributed by atoms with Gasteiger partial charge in [-0.3, -0.25) is 4.79 Å². The number of carboxylic acid groups (broad SMARTS) is 1. The van der Waals surface area contributed by atoms with Crippen LogP contribution >= 0.6 is 0 Å². The van der Waals surface area contributed by atoms with E-state index in [4.69, 9.17) is 5.11 Å². The fourth-order valence-corrected chi connectivity index (χ4v) is 2.16. The zero-order valence-corrected chi connectivity index (χ0v) is 10.1. The molecule has 4 heteroatoms. The lowest BCUT2D eigenvalue weighted by atomic mass is 9.79. The number of unbranched alkanes of at least 4 members (excludes halogenated alkanes) is 3. The van der Waals surface area contributed by atoms with Crippen molar-refractivity contribution in [1.29, 1.82) is 0 Å². The van der Waals surface area contributed by atoms with E-state index in [0.29, 0.717) is 6.42 Å². The van der Waals surface area contributed by atoms with Crippen LogP contribution in [0.2, 0.25) is 0 Å². The summed E-state index contributed by atoms with van der Waals surface area (Å²) in [5.41, 5.74) is -1.46. The molecular formula is C13H20O4. The van der Waals surface area contributed by atoms with Crippen LogP contribution in [0.4, 0.5) is 0 Å². The topological polar surface area (TPSA) is 77.8 Å². The van der Waals surface area contributed by atoms with E-state index < -0.39 is 17.5 Å². The second-order valence-electron chi connectivity index (χ2n) is 4.52. The maximum absolute atomic E-state index is 11.1. The Labute approximate surface area is 101 Å². The third-order valence-corrected chi connectivity index (χ3v) is 3.13. The number of carbonyl (C=O) groups is 1. The Kier molecular flexibility index (Phi) is 4.75. The first kappa shape index (κ1) is 13.8. The molecule has 2 atom stereocenters. The summed E-state index contributed by atoms with van der Waals surface area (Å²) >= 11 is 0. The summed E-state index contributed by atoms with van der Waals surface area (Å²) in [5.74, 6) is -2.71. The molecule has 1 aliphatic rings. The van der Waals surface area contributed by atoms with E-state index in [0.717, 1.165) is 25.7 Å². The van der Waals surface area contributed by atoms with Crippen LogP contribution in [0.25, 0.3) is 0 Å². The molecule has 0 aromatic carbocycles. The predicted octanol–water partition coefficient (Wildman–Crippen LogP) is 2.40. The third kappa shape index (κ3) is 3.33. The van der Waals surface area contributed by atoms with Gasteiger partial charge in [-0.15, -0.1) is 0 Å². The van der Waals surface area contributed by atoms with E-state index in [1.54, 1.807) is 0 Å². The lowest BCUT2D eigenvalue weighted by molar-refractivity contribution is -0.149. The van der Waals surface area contributed by atoms with Crippen molar-refractivity contribution >= 4 is 5.97 Å². The van der Waals surface area contributed by atoms with E-state index >= 15 is 0 Å². The molecule has 0 fully saturated rings. The van der Waals surface area contributed by atoms with Crippen molar-refractivity contribution in [3.8, 4) is 0 Å². The summed E-state index contributed by atoms with van der Waals surface area (Å²) in [5, 5.41) is 28.9. The Morgan fingerprint density at radius 2 is 2.12 bits per heavy atom. The molecule has 1 aliphatic carbocycles. The van der Waals surface area contributed by atoms with E-state index in [2.05, 4.69) is 6.92 Å². The average Bonchev–Trinajstić information content (AvgIpc) is 2.23. The highest BCUT2D eigenvalue weighted by Gasteiger charge is 2.43. The first-order chi connectivity index (χ1) is 8.01. The first-order valence-electron chi connectivity index (χ1n) is 6.05. The minimum atomic E-state index is -1.46. The summed E-state index contributed by atoms with van der Waals surface area (Å²) in [6.07, 6.45) is 8.53. The maximum atomic E-state index is 11.1. The molecule has 17 heavy (non-hydrogen) atoms. The molecule has 0 aromatic rings. The number of carboxylic acids is 1. The Hall–Kier alpha value is -1.29. The van der Waals surface area contributed by atoms with Crippen LogP contribution < -0.4 is 0 Å². The predicted molar refractivity (Wildman–Crippen MR) is 64.7 cm³/mol. The Morgan fingerprint density at radius 1 is 1.41 bits per heavy atom. The van der Waals surface area contributed by atoms with Gasteiger partial charge in [0.25, 0.3) is 0 Å². The lowest BCUT2D eigenvalue weighted by Gasteiger charge is -2.32. The molecule has 0 spiro atoms. The highest BCUT2D eigenvalue weighted by Crippen LogP contribution is 2.33. The smallest absolute Gasteiger partial charge is 0.317 e. The van der Waals surface area contributed by atoms with Crippen molar-refractivity contribution in [3.63, 3.8) is 0 Å². The molecular weight excluding hydrogens is 220 g/mol. The Balaban J connectivity index is 2.68. The molecule has 0 bridgehead atoms. The summed E-state index contributed by atoms with van der Waals surface area (Å²) in [6, 6.07) is 0. The zero-order valence-electron chi connectivity index (χ0n) is 10.1. The van der Waals surface area contributed by atoms with Gasteiger partial charge in [-0.2, -0.15) is 0 Å². The van der Waals surface area contributed by atoms with Crippen LogP contribution in [0.3, 0.4) is 0 Å². The van der Waals surface area contributed by atoms with Crippen molar-refractivity contribution in [3.05, 3.63) is 24.0 Å². The molecule has 0 amide bonds. The SMILES string of the molecule is CCCCCCC1(O)C=CC=C(O)C1C(=O)O. The number of aliphatic hydroxyl groups is 2. The van der Waals surface area contributed by atoms with Crippen molar-refractivity contribution in [2.45, 2.75) is 44.6 Å². The summed E-state index contributed by atoms with van der Waals surface area (Å²) < 4.78 is 0. The highest BCUT2D eigenvalue weighted by molar-refractivity contribution is 5.75. The molecule has 1 rings (SSSR count). The molecule has 0 radical (unpaired) electrons. The van der Waals surface area contributed by atoms with Crippen LogP contribution in [0.15, 0.2) is 24.0 Å². The normalized spacial score (nSPS) is 27.9. The maximum Gasteiger partial charge on any atom is 0.317 e. The monoisotopic (exact) mass is 240 g/mol. The number of rotatable bonds is 6. The van der Waals surface area contributed by atoms with Gasteiger partial charge < -0.3 is 15.3 Å². The first-order valence-corrected chi connectivity index (χ1v) is 6.05. The molecule has 0 aliphatic heterocycles. The van der Waals surface area contributed by atoms with Crippen LogP contribution in [0.1, 0.15) is 39.0 Å². The largest absolute Gasteiger partial charge is 0.511 e. The number of allylic oxidation sites excluding steroid dienone is 2. The lowest BCUT2D eigenvalue weighted by Crippen LogP contribution is -2.43. The van der Waals surface area contributed by atoms with Gasteiger partial charge in [0.05, 0.1) is 0 Å². The summed E-state index contributed by atoms with van der Waals surface area (Å²) in [6.45, 7) is 2.09. The van der Waals surface area contributed by atoms with E-state index in [1.165, 1.54) is 18.2 Å². The fraction of sp³-hybridized carbons (Fsp3) is 0.615. The van der Waals surface area contributed by atoms with Crippen LogP contribution in [-0.2, 0) is 4.79 Å². The van der Waals surface area contributed by atoms with Crippen molar-refractivity contribution in [2.75, 3.05) is 0 Å². The van der Waals surface area contributed by atoms with Crippen LogP contribution in [0.5, 0.6) is 0 Å². The van der Waals surface area contributed by atoms with Gasteiger partial charge in [-0.25, -0.2) is 0 Å². The van der Waals surface area contributed by atoms with Crippen LogP contribution in [0, 0.1) is 5.92 Å². The number of aliphatic carboxylic acids is 1. The van der Waals surface area contributed by atoms with Gasteiger partial charge in [0, 0.05) is 0 Å². The second-order valence-corrected chi connectivity index (χ2v) is 4.52. The molecule has 0 saturated carbocycles. The van der Waals surface area contributed by atoms with E-state index in [1.807, 2.05) is 0 Å². The molecule has 0 saturated heterocycles. The van der Waals surface area contributed by atoms with Gasteiger partial charge in [-0.1, -0.05) is 44.8 Å². The van der Waals surface area contributed by atoms with Gasteiger partial charge in [0.2, 0.25) is 0 Å². The van der Waals surface area contributed by atoms with Gasteiger partial charge in [0.15, 0.2) is 0 Å². The quantitative estimate of drug-likeness (QED) is 0.623. The molecule has 3 N–H and O–H groups in total. The number of hydrogen-bond donors (Lipinski definition) is 3. The summed E-state index contributed by atoms with van der Waals surface area (Å²) in [4.78, 5) is 11.1. The minimum absolute atomic E-state index is 0.280. The van der Waals surface area contributed by atoms with Crippen molar-refractivity contribution < 1.29 is 20.1 Å². The van der Waals surface area contributed by atoms with E-state index in [9.17, 15) is 15.0 Å². The fourth-order valence-electron chi connectivity index (χ4n) is 2.16. The minimum Gasteiger partial charge on any atom is -0.511 e. The Morgan fingerprint density at radius 3 is 2.71 bits per heavy atom. The molecule has 96 valence electrons. The van der Waals surface area contributed by atoms with Crippen molar-refractivity contribution in [1.82, 2.24) is 0 Å². The average molecular weight is 240 g/mol. The highest BCUT2D eigenvalue weighted by atomic mass is 16.4. The molecule has 0 heterocycles. The Bertz CT molecular complexity index is 332. The zero-order chi connectivity index (χ0) is 12.9. The van der Waals surface area contributed by atoms with Gasteiger partial charge >= 0.3 is 5.97 Å². The summed E-state index contributed by atoms with van der Waals surface area (Å²) in [7, 11) is 0. The number of aliphatic hydroxyl groups excluding tert-OH is 1. The van der Waals surface area contributed by atoms with Gasteiger partial charge in [-0.05, 0) is 12.5 Å². The van der Waals surface area contributed by atoms with Crippen LogP contribution in [-0.4, -0.2) is 26.9 Å². The third-order valence-electron chi connectivity index (χ3n) is 3.13. The van der Waals surface area contributed by atoms with E-state index in [-0.39, 0.29) is 5.76 Å². The standard InChI is InChI=1S/C13H20O4/c1-2-3-4-5-8-13(17)9-6-7-10(14)11(13)12(15)16/h6-7,9,11,14,17H,2-5,8H2,1H3,(H,15,16). The molecule has 2 unspecified atom stereocenters.